The van der Waals surface area contributed by atoms with Crippen molar-refractivity contribution in [1.29, 1.82) is 0 Å². The molecule has 0 aliphatic rings. The number of nitroso groups, excluding NO2 is 1. The Balaban J connectivity index is 2.14. The molecule has 0 spiro atoms. The first-order valence-corrected chi connectivity index (χ1v) is 9.51. The summed E-state index contributed by atoms with van der Waals surface area (Å²) in [7, 11) is 0. The number of H-pyrrole nitrogens is 1. The molecule has 17 heteroatoms. The fraction of sp³-hybridized carbons (Fsp3) is 0.222. The second kappa shape index (κ2) is 8.62. The van der Waals surface area contributed by atoms with Gasteiger partial charge in [-0.1, -0.05) is 28.4 Å². The average Bonchev–Trinajstić information content (AvgIpc) is 3.20. The molecule has 0 radical (unpaired) electrons. The van der Waals surface area contributed by atoms with E-state index in [9.17, 15) is 48.8 Å². The SMILES string of the molecule is O=Nc1cc(-c2c[n+](-c3c(Cl)cc(C(F)(C(F)(F)F)C(F)(F)C(F)(F)F)cc3Cl)[nH]n2)ccc1F. The summed E-state index contributed by atoms with van der Waals surface area (Å²) in [5.41, 5.74) is -9.47. The molecule has 0 amide bonds. The van der Waals surface area contributed by atoms with Crippen molar-refractivity contribution in [3.63, 3.8) is 0 Å². The highest BCUT2D eigenvalue weighted by atomic mass is 35.5. The topological polar surface area (TPSA) is 62.0 Å². The maximum Gasteiger partial charge on any atom is 0.457 e. The van der Waals surface area contributed by atoms with Crippen LogP contribution in [0.25, 0.3) is 16.9 Å². The Bertz CT molecular complexity index is 1270. The maximum absolute atomic E-state index is 14.7. The molecule has 1 heterocycles. The third kappa shape index (κ3) is 4.30. The van der Waals surface area contributed by atoms with Crippen LogP contribution in [-0.4, -0.2) is 28.6 Å². The van der Waals surface area contributed by atoms with Gasteiger partial charge in [0, 0.05) is 16.2 Å². The number of alkyl halides is 9. The fourth-order valence-electron chi connectivity index (χ4n) is 3.00. The van der Waals surface area contributed by atoms with Crippen LogP contribution in [0.3, 0.4) is 0 Å². The molecule has 35 heavy (non-hydrogen) atoms. The zero-order valence-electron chi connectivity index (χ0n) is 16.2. The Morgan fingerprint density at radius 3 is 1.94 bits per heavy atom. The first kappa shape index (κ1) is 26.7. The number of aromatic amines is 1. The third-order valence-corrected chi connectivity index (χ3v) is 5.28. The normalized spacial score (nSPS) is 14.6. The van der Waals surface area contributed by atoms with E-state index in [0.717, 1.165) is 29.1 Å². The van der Waals surface area contributed by atoms with E-state index in [0.29, 0.717) is 0 Å². The van der Waals surface area contributed by atoms with E-state index in [2.05, 4.69) is 15.5 Å². The van der Waals surface area contributed by atoms with Gasteiger partial charge in [0.25, 0.3) is 0 Å². The molecule has 0 fully saturated rings. The van der Waals surface area contributed by atoms with E-state index in [1.807, 2.05) is 0 Å². The van der Waals surface area contributed by atoms with Crippen LogP contribution in [-0.2, 0) is 5.67 Å². The van der Waals surface area contributed by atoms with Crippen LogP contribution in [0.15, 0.2) is 41.7 Å². The molecule has 1 N–H and O–H groups in total. The lowest BCUT2D eigenvalue weighted by atomic mass is 9.87. The highest BCUT2D eigenvalue weighted by Gasteiger charge is 2.81. The molecule has 5 nitrogen and oxygen atoms in total. The summed E-state index contributed by atoms with van der Waals surface area (Å²) in [4.78, 5) is 10.7. The molecule has 3 rings (SSSR count). The van der Waals surface area contributed by atoms with Crippen LogP contribution >= 0.6 is 23.2 Å². The van der Waals surface area contributed by atoms with Crippen LogP contribution in [0.2, 0.25) is 10.0 Å². The van der Waals surface area contributed by atoms with Crippen molar-refractivity contribution in [1.82, 2.24) is 10.3 Å². The molecule has 1 aromatic heterocycles. The van der Waals surface area contributed by atoms with Gasteiger partial charge in [0.2, 0.25) is 5.69 Å². The first-order chi connectivity index (χ1) is 16.0. The first-order valence-electron chi connectivity index (χ1n) is 8.76. The standard InChI is InChI=1S/C18H6Cl2F10N4O/c19-9-4-8(15(22,17(25,26)27)16(23,24)18(28,29)30)5-10(20)14(9)34-6-13(31-33-34)7-1-2-11(21)12(3-7)32-35/h1-6H/p+1. The Kier molecular flexibility index (Phi) is 6.57. The minimum Gasteiger partial charge on any atom is -0.221 e. The van der Waals surface area contributed by atoms with Gasteiger partial charge in [-0.15, -0.1) is 9.59 Å². The molecular weight excluding hydrogens is 549 g/mol. The molecule has 188 valence electrons. The highest BCUT2D eigenvalue weighted by Crippen LogP contribution is 2.58. The predicted octanol–water partition coefficient (Wildman–Crippen LogP) is 7.12. The van der Waals surface area contributed by atoms with Crippen LogP contribution in [0.4, 0.5) is 49.6 Å². The zero-order valence-corrected chi connectivity index (χ0v) is 17.8. The van der Waals surface area contributed by atoms with E-state index in [4.69, 9.17) is 23.2 Å². The minimum atomic E-state index is -6.92. The average molecular weight is 556 g/mol. The minimum absolute atomic E-state index is 0.0372. The number of rotatable bonds is 5. The Hall–Kier alpha value is -2.94. The van der Waals surface area contributed by atoms with Crippen LogP contribution < -0.4 is 4.68 Å². The Morgan fingerprint density at radius 2 is 1.46 bits per heavy atom. The van der Waals surface area contributed by atoms with E-state index in [1.54, 1.807) is 0 Å². The van der Waals surface area contributed by atoms with Crippen molar-refractivity contribution in [3.05, 3.63) is 62.9 Å². The van der Waals surface area contributed by atoms with E-state index < -0.39 is 56.7 Å². The number of hydrogen-bond acceptors (Lipinski definition) is 3. The molecule has 3 aromatic rings. The van der Waals surface area contributed by atoms with Gasteiger partial charge in [-0.3, -0.25) is 0 Å². The predicted molar refractivity (Wildman–Crippen MR) is 101 cm³/mol. The van der Waals surface area contributed by atoms with Crippen LogP contribution in [0.1, 0.15) is 5.56 Å². The molecule has 0 aliphatic carbocycles. The number of halogens is 12. The molecule has 0 saturated carbocycles. The molecule has 0 aliphatic heterocycles. The van der Waals surface area contributed by atoms with Crippen molar-refractivity contribution >= 4 is 28.9 Å². The highest BCUT2D eigenvalue weighted by molar-refractivity contribution is 6.37. The van der Waals surface area contributed by atoms with Crippen LogP contribution in [0, 0.1) is 10.7 Å². The van der Waals surface area contributed by atoms with Gasteiger partial charge in [-0.05, 0) is 35.5 Å². The zero-order chi connectivity index (χ0) is 26.6. The number of benzene rings is 2. The maximum atomic E-state index is 14.7. The molecule has 0 saturated heterocycles. The summed E-state index contributed by atoms with van der Waals surface area (Å²) in [6.07, 6.45) is -12.6. The van der Waals surface area contributed by atoms with Gasteiger partial charge < -0.3 is 0 Å². The van der Waals surface area contributed by atoms with Gasteiger partial charge in [-0.2, -0.15) is 35.1 Å². The molecule has 2 aromatic carbocycles. The molecule has 0 bridgehead atoms. The van der Waals surface area contributed by atoms with Crippen molar-refractivity contribution < 1.29 is 48.6 Å². The van der Waals surface area contributed by atoms with E-state index in [1.165, 1.54) is 0 Å². The van der Waals surface area contributed by atoms with Crippen LogP contribution in [0.5, 0.6) is 0 Å². The summed E-state index contributed by atoms with van der Waals surface area (Å²) < 4.78 is 134. The van der Waals surface area contributed by atoms with Crippen molar-refractivity contribution in [2.45, 2.75) is 23.9 Å². The summed E-state index contributed by atoms with van der Waals surface area (Å²) in [6.45, 7) is 0. The van der Waals surface area contributed by atoms with E-state index >= 15 is 0 Å². The Morgan fingerprint density at radius 1 is 0.886 bits per heavy atom. The lowest BCUT2D eigenvalue weighted by Gasteiger charge is -2.36. The smallest absolute Gasteiger partial charge is 0.221 e. The number of hydrogen-bond donors (Lipinski definition) is 1. The van der Waals surface area contributed by atoms with Crippen molar-refractivity contribution in [2.24, 2.45) is 5.18 Å². The monoisotopic (exact) mass is 555 g/mol. The lowest BCUT2D eigenvalue weighted by molar-refractivity contribution is -0.659. The van der Waals surface area contributed by atoms with Gasteiger partial charge in [-0.25, -0.2) is 8.78 Å². The van der Waals surface area contributed by atoms with Gasteiger partial charge in [0.15, 0.2) is 17.7 Å². The summed E-state index contributed by atoms with van der Waals surface area (Å²) in [5.74, 6) is -7.86. The fourth-order valence-corrected chi connectivity index (χ4v) is 3.67. The van der Waals surface area contributed by atoms with Crippen molar-refractivity contribution in [3.8, 4) is 16.9 Å². The van der Waals surface area contributed by atoms with Gasteiger partial charge in [0.05, 0.1) is 10.0 Å². The summed E-state index contributed by atoms with van der Waals surface area (Å²) >= 11 is 11.6. The molecule has 1 unspecified atom stereocenters. The largest absolute Gasteiger partial charge is 0.457 e. The second-order valence-electron chi connectivity index (χ2n) is 6.87. The molecule has 1 atom stereocenters. The molecular formula is C18H7Cl2F10N4O+. The summed E-state index contributed by atoms with van der Waals surface area (Å²) in [5, 5.41) is 6.54. The number of nitrogens with one attached hydrogen (secondary N) is 1. The van der Waals surface area contributed by atoms with Gasteiger partial charge in [0.1, 0.15) is 5.69 Å². The van der Waals surface area contributed by atoms with Gasteiger partial charge >= 0.3 is 23.9 Å². The van der Waals surface area contributed by atoms with Crippen molar-refractivity contribution in [2.75, 3.05) is 0 Å². The van der Waals surface area contributed by atoms with E-state index in [-0.39, 0.29) is 23.4 Å². The second-order valence-corrected chi connectivity index (χ2v) is 7.68. The third-order valence-electron chi connectivity index (χ3n) is 4.70. The Labute approximate surface area is 197 Å². The number of aromatic nitrogens is 3. The summed E-state index contributed by atoms with van der Waals surface area (Å²) in [6, 6.07) is 2.84. The quantitative estimate of drug-likeness (QED) is 0.207. The number of nitrogens with zero attached hydrogens (tertiary/aromatic N) is 3. The lowest BCUT2D eigenvalue weighted by Crippen LogP contribution is -2.59.